The van der Waals surface area contributed by atoms with Crippen LogP contribution < -0.4 is 11.1 Å². The van der Waals surface area contributed by atoms with Gasteiger partial charge in [-0.05, 0) is 52.5 Å². The molecule has 3 N–H and O–H groups in total. The molecule has 2 aromatic rings. The Bertz CT molecular complexity index is 584. The van der Waals surface area contributed by atoms with E-state index in [0.717, 1.165) is 35.1 Å². The van der Waals surface area contributed by atoms with Gasteiger partial charge in [0.25, 0.3) is 0 Å². The Morgan fingerprint density at radius 3 is 2.55 bits per heavy atom. The second-order valence-electron chi connectivity index (χ2n) is 4.57. The summed E-state index contributed by atoms with van der Waals surface area (Å²) in [7, 11) is 0. The van der Waals surface area contributed by atoms with E-state index in [1.165, 1.54) is 5.56 Å². The van der Waals surface area contributed by atoms with Crippen molar-refractivity contribution < 1.29 is 0 Å². The van der Waals surface area contributed by atoms with E-state index in [1.807, 2.05) is 24.3 Å². The van der Waals surface area contributed by atoms with E-state index >= 15 is 0 Å². The molecule has 2 rings (SSSR count). The molecule has 0 atom stereocenters. The van der Waals surface area contributed by atoms with Crippen LogP contribution in [0.1, 0.15) is 17.5 Å². The molecule has 0 saturated carbocycles. The number of rotatable bonds is 6. The lowest BCUT2D eigenvalue weighted by Crippen LogP contribution is -2.10. The number of hydrogen-bond acceptors (Lipinski definition) is 2. The molecular formula is C16H17BrN2S. The molecule has 0 unspecified atom stereocenters. The zero-order chi connectivity index (χ0) is 14.4. The van der Waals surface area contributed by atoms with Crippen LogP contribution in [0.15, 0.2) is 53.0 Å². The van der Waals surface area contributed by atoms with Crippen LogP contribution in [0.5, 0.6) is 0 Å². The van der Waals surface area contributed by atoms with Crippen molar-refractivity contribution in [2.24, 2.45) is 5.73 Å². The summed E-state index contributed by atoms with van der Waals surface area (Å²) < 4.78 is 0.988. The van der Waals surface area contributed by atoms with Gasteiger partial charge in [0.05, 0.1) is 0 Å². The van der Waals surface area contributed by atoms with Gasteiger partial charge in [-0.2, -0.15) is 0 Å². The summed E-state index contributed by atoms with van der Waals surface area (Å²) in [4.78, 5) is 0.418. The Kier molecular flexibility index (Phi) is 5.56. The second kappa shape index (κ2) is 7.41. The van der Waals surface area contributed by atoms with Crippen molar-refractivity contribution in [2.45, 2.75) is 12.8 Å². The summed E-state index contributed by atoms with van der Waals surface area (Å²) in [6.45, 7) is 0.930. The van der Waals surface area contributed by atoms with Gasteiger partial charge in [-0.15, -0.1) is 0 Å². The van der Waals surface area contributed by atoms with E-state index in [1.54, 1.807) is 0 Å². The molecule has 0 radical (unpaired) electrons. The van der Waals surface area contributed by atoms with Gasteiger partial charge in [0, 0.05) is 22.3 Å². The van der Waals surface area contributed by atoms with Crippen LogP contribution in [0.4, 0.5) is 5.69 Å². The molecule has 20 heavy (non-hydrogen) atoms. The van der Waals surface area contributed by atoms with Gasteiger partial charge < -0.3 is 11.1 Å². The van der Waals surface area contributed by atoms with Crippen LogP contribution >= 0.6 is 28.1 Å². The molecule has 0 aromatic heterocycles. The minimum Gasteiger partial charge on any atom is -0.389 e. The normalized spacial score (nSPS) is 10.2. The minimum absolute atomic E-state index is 0.418. The van der Waals surface area contributed by atoms with E-state index in [-0.39, 0.29) is 0 Å². The topological polar surface area (TPSA) is 38.0 Å². The number of halogens is 1. The number of hydrogen-bond donors (Lipinski definition) is 2. The highest BCUT2D eigenvalue weighted by atomic mass is 79.9. The van der Waals surface area contributed by atoms with Crippen LogP contribution in [0.25, 0.3) is 0 Å². The highest BCUT2D eigenvalue weighted by Crippen LogP contribution is 2.23. The van der Waals surface area contributed by atoms with Gasteiger partial charge in [-0.1, -0.05) is 42.5 Å². The molecule has 0 fully saturated rings. The number of nitrogens with one attached hydrogen (secondary N) is 1. The minimum atomic E-state index is 0.418. The van der Waals surface area contributed by atoms with Gasteiger partial charge in [-0.3, -0.25) is 0 Å². The van der Waals surface area contributed by atoms with Crippen LogP contribution in [0.3, 0.4) is 0 Å². The molecule has 0 spiro atoms. The molecule has 104 valence electrons. The van der Waals surface area contributed by atoms with Gasteiger partial charge in [0.2, 0.25) is 0 Å². The number of anilines is 1. The summed E-state index contributed by atoms with van der Waals surface area (Å²) in [6.07, 6.45) is 2.17. The number of thiocarbonyl (C=S) groups is 1. The molecule has 0 aliphatic heterocycles. The van der Waals surface area contributed by atoms with E-state index in [9.17, 15) is 0 Å². The molecular weight excluding hydrogens is 332 g/mol. The van der Waals surface area contributed by atoms with Crippen molar-refractivity contribution >= 4 is 38.8 Å². The highest BCUT2D eigenvalue weighted by molar-refractivity contribution is 9.10. The van der Waals surface area contributed by atoms with E-state index in [2.05, 4.69) is 45.5 Å². The Morgan fingerprint density at radius 1 is 1.15 bits per heavy atom. The molecule has 0 heterocycles. The average Bonchev–Trinajstić information content (AvgIpc) is 2.46. The Morgan fingerprint density at radius 2 is 1.90 bits per heavy atom. The Balaban J connectivity index is 1.84. The predicted octanol–water partition coefficient (Wildman–Crippen LogP) is 4.13. The zero-order valence-electron chi connectivity index (χ0n) is 11.1. The zero-order valence-corrected chi connectivity index (χ0v) is 13.5. The van der Waals surface area contributed by atoms with Gasteiger partial charge in [-0.25, -0.2) is 0 Å². The second-order valence-corrected chi connectivity index (χ2v) is 5.87. The molecule has 0 bridgehead atoms. The monoisotopic (exact) mass is 348 g/mol. The van der Waals surface area contributed by atoms with E-state index < -0.39 is 0 Å². The standard InChI is InChI=1S/C16H17BrN2S/c17-14-11-13(16(18)20)8-9-15(14)19-10-4-7-12-5-2-1-3-6-12/h1-3,5-6,8-9,11,19H,4,7,10H2,(H2,18,20). The van der Waals surface area contributed by atoms with Crippen LogP contribution in [0.2, 0.25) is 0 Å². The van der Waals surface area contributed by atoms with Crippen molar-refractivity contribution in [3.63, 3.8) is 0 Å². The van der Waals surface area contributed by atoms with Crippen LogP contribution in [-0.4, -0.2) is 11.5 Å². The predicted molar refractivity (Wildman–Crippen MR) is 93.3 cm³/mol. The molecule has 2 aromatic carbocycles. The fraction of sp³-hybridized carbons (Fsp3) is 0.188. The quantitative estimate of drug-likeness (QED) is 0.608. The Labute approximate surface area is 133 Å². The van der Waals surface area contributed by atoms with Crippen molar-refractivity contribution in [1.29, 1.82) is 0 Å². The molecule has 4 heteroatoms. The van der Waals surface area contributed by atoms with Gasteiger partial charge in [0.15, 0.2) is 0 Å². The SMILES string of the molecule is NC(=S)c1ccc(NCCCc2ccccc2)c(Br)c1. The first-order chi connectivity index (χ1) is 9.66. The number of benzene rings is 2. The first-order valence-corrected chi connectivity index (χ1v) is 7.74. The maximum atomic E-state index is 5.61. The maximum Gasteiger partial charge on any atom is 0.104 e. The first-order valence-electron chi connectivity index (χ1n) is 6.54. The average molecular weight is 349 g/mol. The van der Waals surface area contributed by atoms with Crippen LogP contribution in [-0.2, 0) is 6.42 Å². The summed E-state index contributed by atoms with van der Waals surface area (Å²) >= 11 is 8.50. The number of nitrogens with two attached hydrogens (primary N) is 1. The van der Waals surface area contributed by atoms with Crippen molar-refractivity contribution in [3.8, 4) is 0 Å². The lowest BCUT2D eigenvalue weighted by molar-refractivity contribution is 0.862. The molecule has 0 saturated heterocycles. The third kappa shape index (κ3) is 4.32. The maximum absolute atomic E-state index is 5.61. The van der Waals surface area contributed by atoms with Gasteiger partial charge in [0.1, 0.15) is 4.99 Å². The highest BCUT2D eigenvalue weighted by Gasteiger charge is 2.02. The third-order valence-corrected chi connectivity index (χ3v) is 3.95. The summed E-state index contributed by atoms with van der Waals surface area (Å²) in [6, 6.07) is 16.4. The molecule has 0 aliphatic carbocycles. The molecule has 2 nitrogen and oxygen atoms in total. The largest absolute Gasteiger partial charge is 0.389 e. The third-order valence-electron chi connectivity index (χ3n) is 3.05. The summed E-state index contributed by atoms with van der Waals surface area (Å²) in [5.41, 5.74) is 8.93. The van der Waals surface area contributed by atoms with Crippen molar-refractivity contribution in [1.82, 2.24) is 0 Å². The molecule has 0 aliphatic rings. The lowest BCUT2D eigenvalue weighted by Gasteiger charge is -2.10. The first kappa shape index (κ1) is 15.0. The fourth-order valence-corrected chi connectivity index (χ4v) is 2.62. The van der Waals surface area contributed by atoms with Gasteiger partial charge >= 0.3 is 0 Å². The smallest absolute Gasteiger partial charge is 0.104 e. The summed E-state index contributed by atoms with van der Waals surface area (Å²) in [5, 5.41) is 3.42. The number of aryl methyl sites for hydroxylation is 1. The van der Waals surface area contributed by atoms with E-state index in [4.69, 9.17) is 18.0 Å². The molecule has 0 amide bonds. The lowest BCUT2D eigenvalue weighted by atomic mass is 10.1. The van der Waals surface area contributed by atoms with E-state index in [0.29, 0.717) is 4.99 Å². The van der Waals surface area contributed by atoms with Crippen LogP contribution in [0, 0.1) is 0 Å². The Hall–Kier alpha value is -1.39. The van der Waals surface area contributed by atoms with Crippen molar-refractivity contribution in [3.05, 3.63) is 64.1 Å². The fourth-order valence-electron chi connectivity index (χ4n) is 1.97. The van der Waals surface area contributed by atoms with Crippen molar-refractivity contribution in [2.75, 3.05) is 11.9 Å². The summed E-state index contributed by atoms with van der Waals surface area (Å²) in [5.74, 6) is 0.